The fourth-order valence-electron chi connectivity index (χ4n) is 2.29. The summed E-state index contributed by atoms with van der Waals surface area (Å²) in [6, 6.07) is 0. The van der Waals surface area contributed by atoms with Crippen molar-refractivity contribution in [2.45, 2.75) is 19.3 Å². The van der Waals surface area contributed by atoms with E-state index in [-0.39, 0.29) is 5.92 Å². The Labute approximate surface area is 90.2 Å². The molecule has 1 N–H and O–H groups in total. The standard InChI is InChI=1S/C11H19NO3/c13-11(14)10-3-5-12(6-10)4-1-2-9-7-15-8-9/h9-10H,1-8H2,(H,13,14). The molecule has 0 aromatic heterocycles. The van der Waals surface area contributed by atoms with E-state index in [9.17, 15) is 4.79 Å². The maximum atomic E-state index is 10.7. The Morgan fingerprint density at radius 1 is 1.47 bits per heavy atom. The number of carboxylic acids is 1. The molecule has 0 aromatic carbocycles. The minimum Gasteiger partial charge on any atom is -0.481 e. The number of hydrogen-bond donors (Lipinski definition) is 1. The molecule has 15 heavy (non-hydrogen) atoms. The lowest BCUT2D eigenvalue weighted by atomic mass is 10.0. The van der Waals surface area contributed by atoms with E-state index in [1.54, 1.807) is 0 Å². The van der Waals surface area contributed by atoms with Gasteiger partial charge in [0.1, 0.15) is 0 Å². The lowest BCUT2D eigenvalue weighted by Gasteiger charge is -2.26. The van der Waals surface area contributed by atoms with Crippen LogP contribution >= 0.6 is 0 Å². The number of ether oxygens (including phenoxy) is 1. The van der Waals surface area contributed by atoms with Gasteiger partial charge in [-0.15, -0.1) is 0 Å². The van der Waals surface area contributed by atoms with Gasteiger partial charge in [-0.25, -0.2) is 0 Å². The molecule has 2 aliphatic rings. The highest BCUT2D eigenvalue weighted by Crippen LogP contribution is 2.19. The highest BCUT2D eigenvalue weighted by molar-refractivity contribution is 5.70. The third-order valence-corrected chi connectivity index (χ3v) is 3.42. The molecule has 0 aliphatic carbocycles. The highest BCUT2D eigenvalue weighted by Gasteiger charge is 2.27. The zero-order valence-corrected chi connectivity index (χ0v) is 9.02. The van der Waals surface area contributed by atoms with E-state index in [1.807, 2.05) is 0 Å². The van der Waals surface area contributed by atoms with Crippen LogP contribution in [-0.4, -0.2) is 48.8 Å². The summed E-state index contributed by atoms with van der Waals surface area (Å²) < 4.78 is 5.11. The zero-order valence-electron chi connectivity index (χ0n) is 9.02. The number of hydrogen-bond acceptors (Lipinski definition) is 3. The first-order chi connectivity index (χ1) is 7.25. The maximum absolute atomic E-state index is 10.7. The maximum Gasteiger partial charge on any atom is 0.307 e. The molecule has 86 valence electrons. The van der Waals surface area contributed by atoms with E-state index in [2.05, 4.69) is 4.90 Å². The lowest BCUT2D eigenvalue weighted by molar-refractivity contribution is -0.141. The van der Waals surface area contributed by atoms with E-state index in [0.717, 1.165) is 45.2 Å². The molecule has 0 bridgehead atoms. The second kappa shape index (κ2) is 4.94. The van der Waals surface area contributed by atoms with Crippen LogP contribution in [0, 0.1) is 11.8 Å². The molecular weight excluding hydrogens is 194 g/mol. The first-order valence-electron chi connectivity index (χ1n) is 5.78. The van der Waals surface area contributed by atoms with Crippen LogP contribution < -0.4 is 0 Å². The monoisotopic (exact) mass is 213 g/mol. The Morgan fingerprint density at radius 3 is 2.80 bits per heavy atom. The van der Waals surface area contributed by atoms with Crippen LogP contribution in [0.25, 0.3) is 0 Å². The summed E-state index contributed by atoms with van der Waals surface area (Å²) in [4.78, 5) is 13.0. The highest BCUT2D eigenvalue weighted by atomic mass is 16.5. The quantitative estimate of drug-likeness (QED) is 0.734. The topological polar surface area (TPSA) is 49.8 Å². The molecular formula is C11H19NO3. The molecule has 0 radical (unpaired) electrons. The molecule has 0 aromatic rings. The molecule has 2 heterocycles. The van der Waals surface area contributed by atoms with Crippen molar-refractivity contribution in [3.8, 4) is 0 Å². The number of aliphatic carboxylic acids is 1. The van der Waals surface area contributed by atoms with Crippen LogP contribution in [0.4, 0.5) is 0 Å². The van der Waals surface area contributed by atoms with E-state index < -0.39 is 5.97 Å². The Kier molecular flexibility index (Phi) is 3.59. The second-order valence-electron chi connectivity index (χ2n) is 4.67. The molecule has 0 saturated carbocycles. The summed E-state index contributed by atoms with van der Waals surface area (Å²) in [5, 5.41) is 8.85. The van der Waals surface area contributed by atoms with Gasteiger partial charge in [0.05, 0.1) is 19.1 Å². The minimum atomic E-state index is -0.634. The van der Waals surface area contributed by atoms with E-state index in [4.69, 9.17) is 9.84 Å². The summed E-state index contributed by atoms with van der Waals surface area (Å²) in [6.45, 7) is 4.62. The van der Waals surface area contributed by atoms with Gasteiger partial charge in [-0.1, -0.05) is 0 Å². The fourth-order valence-corrected chi connectivity index (χ4v) is 2.29. The first kappa shape index (κ1) is 10.9. The van der Waals surface area contributed by atoms with Gasteiger partial charge in [-0.2, -0.15) is 0 Å². The van der Waals surface area contributed by atoms with Crippen LogP contribution in [0.5, 0.6) is 0 Å². The Hall–Kier alpha value is -0.610. The van der Waals surface area contributed by atoms with Crippen LogP contribution in [0.3, 0.4) is 0 Å². The van der Waals surface area contributed by atoms with Gasteiger partial charge in [0.15, 0.2) is 0 Å². The van der Waals surface area contributed by atoms with Crippen molar-refractivity contribution in [3.63, 3.8) is 0 Å². The predicted octanol–water partition coefficient (Wildman–Crippen LogP) is 0.819. The van der Waals surface area contributed by atoms with Gasteiger partial charge in [-0.3, -0.25) is 4.79 Å². The average molecular weight is 213 g/mol. The van der Waals surface area contributed by atoms with Crippen molar-refractivity contribution < 1.29 is 14.6 Å². The molecule has 2 aliphatic heterocycles. The summed E-state index contributed by atoms with van der Waals surface area (Å²) in [7, 11) is 0. The molecule has 1 atom stereocenters. The normalized spacial score (nSPS) is 27.9. The van der Waals surface area contributed by atoms with Gasteiger partial charge >= 0.3 is 5.97 Å². The van der Waals surface area contributed by atoms with Crippen molar-refractivity contribution in [1.29, 1.82) is 0 Å². The molecule has 2 saturated heterocycles. The average Bonchev–Trinajstić information content (AvgIpc) is 2.57. The Bertz CT molecular complexity index is 228. The van der Waals surface area contributed by atoms with Gasteiger partial charge < -0.3 is 14.7 Å². The van der Waals surface area contributed by atoms with Crippen molar-refractivity contribution >= 4 is 5.97 Å². The number of carbonyl (C=O) groups is 1. The SMILES string of the molecule is O=C(O)C1CCN(CCCC2COC2)C1. The Balaban J connectivity index is 1.57. The van der Waals surface area contributed by atoms with Crippen LogP contribution in [0.2, 0.25) is 0 Å². The van der Waals surface area contributed by atoms with Crippen LogP contribution in [0.15, 0.2) is 0 Å². The van der Waals surface area contributed by atoms with Crippen LogP contribution in [-0.2, 0) is 9.53 Å². The summed E-state index contributed by atoms with van der Waals surface area (Å²) >= 11 is 0. The van der Waals surface area contributed by atoms with Gasteiger partial charge in [-0.05, 0) is 32.4 Å². The van der Waals surface area contributed by atoms with Gasteiger partial charge in [0, 0.05) is 12.5 Å². The first-order valence-corrected chi connectivity index (χ1v) is 5.78. The van der Waals surface area contributed by atoms with Crippen LogP contribution in [0.1, 0.15) is 19.3 Å². The summed E-state index contributed by atoms with van der Waals surface area (Å²) in [5.74, 6) is 0.00445. The predicted molar refractivity (Wildman–Crippen MR) is 55.7 cm³/mol. The molecule has 0 amide bonds. The number of likely N-dealkylation sites (tertiary alicyclic amines) is 1. The molecule has 2 rings (SSSR count). The van der Waals surface area contributed by atoms with Crippen molar-refractivity contribution in [2.75, 3.05) is 32.8 Å². The molecule has 0 spiro atoms. The molecule has 2 fully saturated rings. The fraction of sp³-hybridized carbons (Fsp3) is 0.909. The van der Waals surface area contributed by atoms with E-state index in [1.165, 1.54) is 12.8 Å². The Morgan fingerprint density at radius 2 is 2.27 bits per heavy atom. The van der Waals surface area contributed by atoms with Crippen molar-refractivity contribution in [1.82, 2.24) is 4.90 Å². The zero-order chi connectivity index (χ0) is 10.7. The van der Waals surface area contributed by atoms with Crippen molar-refractivity contribution in [3.05, 3.63) is 0 Å². The van der Waals surface area contributed by atoms with E-state index in [0.29, 0.717) is 0 Å². The minimum absolute atomic E-state index is 0.128. The molecule has 1 unspecified atom stereocenters. The van der Waals surface area contributed by atoms with E-state index >= 15 is 0 Å². The number of rotatable bonds is 5. The molecule has 4 nitrogen and oxygen atoms in total. The largest absolute Gasteiger partial charge is 0.481 e. The lowest BCUT2D eigenvalue weighted by Crippen LogP contribution is -2.29. The van der Waals surface area contributed by atoms with Crippen molar-refractivity contribution in [2.24, 2.45) is 11.8 Å². The molecule has 4 heteroatoms. The third-order valence-electron chi connectivity index (χ3n) is 3.42. The second-order valence-corrected chi connectivity index (χ2v) is 4.67. The smallest absolute Gasteiger partial charge is 0.307 e. The van der Waals surface area contributed by atoms with Gasteiger partial charge in [0.25, 0.3) is 0 Å². The summed E-state index contributed by atoms with van der Waals surface area (Å²) in [5.41, 5.74) is 0. The number of carboxylic acid groups (broad SMARTS) is 1. The van der Waals surface area contributed by atoms with Gasteiger partial charge in [0.2, 0.25) is 0 Å². The third kappa shape index (κ3) is 2.92. The number of nitrogens with zero attached hydrogens (tertiary/aromatic N) is 1. The summed E-state index contributed by atoms with van der Waals surface area (Å²) in [6.07, 6.45) is 3.23.